The Hall–Kier alpha value is -2.77. The Balaban J connectivity index is 3.02. The highest BCUT2D eigenvalue weighted by Gasteiger charge is 2.25. The first-order valence-corrected chi connectivity index (χ1v) is 5.93. The van der Waals surface area contributed by atoms with Gasteiger partial charge < -0.3 is 25.6 Å². The zero-order chi connectivity index (χ0) is 16.0. The van der Waals surface area contributed by atoms with E-state index in [0.29, 0.717) is 5.75 Å². The molecule has 1 atom stereocenters. The average molecular weight is 296 g/mol. The Labute approximate surface area is 120 Å². The Bertz CT molecular complexity index is 558. The highest BCUT2D eigenvalue weighted by molar-refractivity contribution is 6.00. The lowest BCUT2D eigenvalue weighted by Gasteiger charge is -2.15. The van der Waals surface area contributed by atoms with Gasteiger partial charge in [-0.15, -0.1) is 0 Å². The van der Waals surface area contributed by atoms with Gasteiger partial charge in [-0.3, -0.25) is 9.59 Å². The molecular weight excluding hydrogens is 280 g/mol. The number of nitrogens with two attached hydrogens (primary N) is 1. The number of carboxylic acids is 1. The number of benzene rings is 1. The second-order valence-corrected chi connectivity index (χ2v) is 4.08. The van der Waals surface area contributed by atoms with Crippen LogP contribution in [0.25, 0.3) is 0 Å². The van der Waals surface area contributed by atoms with Crippen LogP contribution in [-0.4, -0.2) is 43.2 Å². The summed E-state index contributed by atoms with van der Waals surface area (Å²) in [6, 6.07) is 3.18. The summed E-state index contributed by atoms with van der Waals surface area (Å²) >= 11 is 0. The Kier molecular flexibility index (Phi) is 5.53. The fraction of sp³-hybridized carbons (Fsp3) is 0.308. The number of carbonyl (C=O) groups excluding carboxylic acids is 2. The van der Waals surface area contributed by atoms with Gasteiger partial charge in [-0.2, -0.15) is 0 Å². The summed E-state index contributed by atoms with van der Waals surface area (Å²) in [5.41, 5.74) is 5.04. The van der Waals surface area contributed by atoms with Gasteiger partial charge >= 0.3 is 5.97 Å². The molecule has 1 aromatic rings. The molecule has 8 nitrogen and oxygen atoms in total. The first-order valence-electron chi connectivity index (χ1n) is 5.93. The highest BCUT2D eigenvalue weighted by atomic mass is 16.5. The lowest BCUT2D eigenvalue weighted by atomic mass is 10.1. The Morgan fingerprint density at radius 3 is 2.43 bits per heavy atom. The minimum absolute atomic E-state index is 0.0903. The van der Waals surface area contributed by atoms with Crippen molar-refractivity contribution in [2.45, 2.75) is 12.5 Å². The third-order valence-electron chi connectivity index (χ3n) is 2.66. The molecule has 0 saturated heterocycles. The summed E-state index contributed by atoms with van der Waals surface area (Å²) in [6.07, 6.45) is -0.507. The molecule has 0 aromatic heterocycles. The molecule has 0 aliphatic carbocycles. The molecule has 8 heteroatoms. The van der Waals surface area contributed by atoms with E-state index >= 15 is 0 Å². The van der Waals surface area contributed by atoms with Crippen molar-refractivity contribution < 1.29 is 29.0 Å². The zero-order valence-corrected chi connectivity index (χ0v) is 11.6. The molecule has 0 radical (unpaired) electrons. The standard InChI is InChI=1S/C13H16N2O6/c1-20-9-5-3-4-7(11(9)21-2)12(17)15-8(13(18)19)6-10(14)16/h3-5,8H,6H2,1-2H3,(H2,14,16)(H,15,17)(H,18,19)/t8-/m0/s1. The SMILES string of the molecule is COc1cccc(C(=O)N[C@@H](CC(N)=O)C(=O)O)c1OC. The van der Waals surface area contributed by atoms with Gasteiger partial charge in [0, 0.05) is 0 Å². The van der Waals surface area contributed by atoms with Crippen molar-refractivity contribution in [1.29, 1.82) is 0 Å². The zero-order valence-electron chi connectivity index (χ0n) is 11.6. The number of ether oxygens (including phenoxy) is 2. The lowest BCUT2D eigenvalue weighted by Crippen LogP contribution is -2.43. The summed E-state index contributed by atoms with van der Waals surface area (Å²) in [7, 11) is 2.76. The summed E-state index contributed by atoms with van der Waals surface area (Å²) < 4.78 is 10.1. The van der Waals surface area contributed by atoms with Crippen molar-refractivity contribution in [2.24, 2.45) is 5.73 Å². The minimum atomic E-state index is -1.41. The van der Waals surface area contributed by atoms with Crippen molar-refractivity contribution >= 4 is 17.8 Å². The van der Waals surface area contributed by atoms with Crippen LogP contribution in [0.2, 0.25) is 0 Å². The summed E-state index contributed by atoms with van der Waals surface area (Å²) in [5.74, 6) is -2.41. The van der Waals surface area contributed by atoms with Crippen LogP contribution in [0.4, 0.5) is 0 Å². The van der Waals surface area contributed by atoms with Gasteiger partial charge in [0.2, 0.25) is 5.91 Å². The van der Waals surface area contributed by atoms with Crippen LogP contribution in [0, 0.1) is 0 Å². The molecular formula is C13H16N2O6. The second kappa shape index (κ2) is 7.13. The number of hydrogen-bond acceptors (Lipinski definition) is 5. The van der Waals surface area contributed by atoms with Crippen molar-refractivity contribution in [2.75, 3.05) is 14.2 Å². The number of nitrogens with one attached hydrogen (secondary N) is 1. The van der Waals surface area contributed by atoms with Crippen LogP contribution in [0.15, 0.2) is 18.2 Å². The molecule has 4 N–H and O–H groups in total. The number of primary amides is 1. The van der Waals surface area contributed by atoms with E-state index in [1.165, 1.54) is 20.3 Å². The average Bonchev–Trinajstić information content (AvgIpc) is 2.44. The maximum atomic E-state index is 12.1. The molecule has 0 aliphatic rings. The number of carbonyl (C=O) groups is 3. The van der Waals surface area contributed by atoms with E-state index in [1.807, 2.05) is 0 Å². The van der Waals surface area contributed by atoms with E-state index in [2.05, 4.69) is 5.32 Å². The molecule has 0 bridgehead atoms. The maximum absolute atomic E-state index is 12.1. The predicted octanol–water partition coefficient (Wildman–Crippen LogP) is -0.238. The van der Waals surface area contributed by atoms with Gasteiger partial charge in [0.1, 0.15) is 6.04 Å². The van der Waals surface area contributed by atoms with Crippen molar-refractivity contribution in [3.63, 3.8) is 0 Å². The van der Waals surface area contributed by atoms with E-state index in [1.54, 1.807) is 12.1 Å². The summed E-state index contributed by atoms with van der Waals surface area (Å²) in [5, 5.41) is 11.2. The minimum Gasteiger partial charge on any atom is -0.493 e. The molecule has 21 heavy (non-hydrogen) atoms. The number of carboxylic acid groups (broad SMARTS) is 1. The van der Waals surface area contributed by atoms with Crippen LogP contribution in [-0.2, 0) is 9.59 Å². The van der Waals surface area contributed by atoms with Gasteiger partial charge in [0.25, 0.3) is 5.91 Å². The topological polar surface area (TPSA) is 128 Å². The Morgan fingerprint density at radius 1 is 1.29 bits per heavy atom. The van der Waals surface area contributed by atoms with E-state index in [-0.39, 0.29) is 11.3 Å². The lowest BCUT2D eigenvalue weighted by molar-refractivity contribution is -0.140. The van der Waals surface area contributed by atoms with Crippen LogP contribution in [0.1, 0.15) is 16.8 Å². The molecule has 1 rings (SSSR count). The van der Waals surface area contributed by atoms with Gasteiger partial charge in [0.15, 0.2) is 11.5 Å². The van der Waals surface area contributed by atoms with Crippen LogP contribution in [0.5, 0.6) is 11.5 Å². The van der Waals surface area contributed by atoms with Crippen molar-refractivity contribution in [3.8, 4) is 11.5 Å². The molecule has 0 heterocycles. The van der Waals surface area contributed by atoms with Gasteiger partial charge in [0.05, 0.1) is 26.2 Å². The van der Waals surface area contributed by atoms with Crippen LogP contribution in [0.3, 0.4) is 0 Å². The van der Waals surface area contributed by atoms with Gasteiger partial charge in [-0.25, -0.2) is 4.79 Å². The number of aliphatic carboxylic acids is 1. The van der Waals surface area contributed by atoms with E-state index in [4.69, 9.17) is 20.3 Å². The highest BCUT2D eigenvalue weighted by Crippen LogP contribution is 2.30. The molecule has 0 unspecified atom stereocenters. The molecule has 2 amide bonds. The van der Waals surface area contributed by atoms with Crippen molar-refractivity contribution in [3.05, 3.63) is 23.8 Å². The van der Waals surface area contributed by atoms with Crippen LogP contribution >= 0.6 is 0 Å². The Morgan fingerprint density at radius 2 is 1.95 bits per heavy atom. The van der Waals surface area contributed by atoms with E-state index < -0.39 is 30.2 Å². The third-order valence-corrected chi connectivity index (χ3v) is 2.66. The van der Waals surface area contributed by atoms with E-state index in [9.17, 15) is 14.4 Å². The third kappa shape index (κ3) is 4.10. The molecule has 114 valence electrons. The number of hydrogen-bond donors (Lipinski definition) is 3. The number of para-hydroxylation sites is 1. The second-order valence-electron chi connectivity index (χ2n) is 4.08. The summed E-state index contributed by atoms with van der Waals surface area (Å²) in [6.45, 7) is 0. The quantitative estimate of drug-likeness (QED) is 0.637. The van der Waals surface area contributed by atoms with E-state index in [0.717, 1.165) is 0 Å². The van der Waals surface area contributed by atoms with Crippen LogP contribution < -0.4 is 20.5 Å². The van der Waals surface area contributed by atoms with Gasteiger partial charge in [-0.1, -0.05) is 6.07 Å². The number of methoxy groups -OCH3 is 2. The van der Waals surface area contributed by atoms with Crippen molar-refractivity contribution in [1.82, 2.24) is 5.32 Å². The fourth-order valence-corrected chi connectivity index (χ4v) is 1.70. The number of amides is 2. The monoisotopic (exact) mass is 296 g/mol. The normalized spacial score (nSPS) is 11.3. The molecule has 0 fully saturated rings. The predicted molar refractivity (Wildman–Crippen MR) is 72.2 cm³/mol. The molecule has 0 saturated carbocycles. The smallest absolute Gasteiger partial charge is 0.326 e. The first-order chi connectivity index (χ1) is 9.90. The largest absolute Gasteiger partial charge is 0.493 e. The number of rotatable bonds is 7. The molecule has 0 spiro atoms. The fourth-order valence-electron chi connectivity index (χ4n) is 1.70. The molecule has 1 aromatic carbocycles. The first kappa shape index (κ1) is 16.3. The molecule has 0 aliphatic heterocycles. The maximum Gasteiger partial charge on any atom is 0.326 e. The summed E-state index contributed by atoms with van der Waals surface area (Å²) in [4.78, 5) is 33.9. The van der Waals surface area contributed by atoms with Gasteiger partial charge in [-0.05, 0) is 12.1 Å².